The molecule has 1 nitrogen and oxygen atoms in total. The molecule has 0 aliphatic rings. The van der Waals surface area contributed by atoms with Gasteiger partial charge in [-0.25, -0.2) is 0 Å². The van der Waals surface area contributed by atoms with Crippen molar-refractivity contribution in [3.8, 4) is 0 Å². The van der Waals surface area contributed by atoms with E-state index >= 15 is 0 Å². The van der Waals surface area contributed by atoms with E-state index in [0.29, 0.717) is 6.04 Å². The SMILES string of the molecule is CCCNC(CCc1ccccc1)c1cccc(C)c1Br. The lowest BCUT2D eigenvalue weighted by Crippen LogP contribution is -2.23. The number of hydrogen-bond donors (Lipinski definition) is 1. The maximum Gasteiger partial charge on any atom is 0.0334 e. The van der Waals surface area contributed by atoms with E-state index in [1.807, 2.05) is 0 Å². The first-order valence-corrected chi connectivity index (χ1v) is 8.54. The molecule has 1 N–H and O–H groups in total. The third-order valence-corrected chi connectivity index (χ3v) is 4.89. The highest BCUT2D eigenvalue weighted by atomic mass is 79.9. The highest BCUT2D eigenvalue weighted by Crippen LogP contribution is 2.29. The first-order chi connectivity index (χ1) is 10.2. The molecule has 2 rings (SSSR count). The van der Waals surface area contributed by atoms with Crippen LogP contribution >= 0.6 is 15.9 Å². The van der Waals surface area contributed by atoms with E-state index in [9.17, 15) is 0 Å². The Bertz CT molecular complexity index is 551. The van der Waals surface area contributed by atoms with E-state index in [4.69, 9.17) is 0 Å². The minimum Gasteiger partial charge on any atom is -0.310 e. The topological polar surface area (TPSA) is 12.0 Å². The average Bonchev–Trinajstić information content (AvgIpc) is 2.52. The first kappa shape index (κ1) is 16.3. The van der Waals surface area contributed by atoms with Crippen LogP contribution in [-0.4, -0.2) is 6.54 Å². The van der Waals surface area contributed by atoms with Crippen molar-refractivity contribution in [2.45, 2.75) is 39.2 Å². The molecule has 21 heavy (non-hydrogen) atoms. The van der Waals surface area contributed by atoms with Crippen molar-refractivity contribution in [1.82, 2.24) is 5.32 Å². The van der Waals surface area contributed by atoms with Crippen molar-refractivity contribution in [2.24, 2.45) is 0 Å². The molecule has 0 saturated heterocycles. The molecule has 2 aromatic rings. The van der Waals surface area contributed by atoms with Crippen LogP contribution in [0.1, 0.15) is 42.5 Å². The molecule has 0 amide bonds. The van der Waals surface area contributed by atoms with Crippen LogP contribution < -0.4 is 5.32 Å². The molecule has 0 radical (unpaired) electrons. The van der Waals surface area contributed by atoms with Crippen molar-refractivity contribution < 1.29 is 0 Å². The Balaban J connectivity index is 2.12. The fraction of sp³-hybridized carbons (Fsp3) is 0.368. The number of benzene rings is 2. The van der Waals surface area contributed by atoms with Crippen molar-refractivity contribution in [3.05, 3.63) is 69.7 Å². The van der Waals surface area contributed by atoms with Gasteiger partial charge in [0.2, 0.25) is 0 Å². The molecule has 0 aliphatic carbocycles. The summed E-state index contributed by atoms with van der Waals surface area (Å²) in [5.74, 6) is 0. The van der Waals surface area contributed by atoms with E-state index in [2.05, 4.69) is 83.6 Å². The van der Waals surface area contributed by atoms with Crippen molar-refractivity contribution in [1.29, 1.82) is 0 Å². The van der Waals surface area contributed by atoms with Gasteiger partial charge in [0, 0.05) is 10.5 Å². The van der Waals surface area contributed by atoms with Gasteiger partial charge in [0.25, 0.3) is 0 Å². The number of halogens is 1. The maximum atomic E-state index is 3.76. The van der Waals surface area contributed by atoms with Crippen LogP contribution in [0.25, 0.3) is 0 Å². The quantitative estimate of drug-likeness (QED) is 0.705. The zero-order valence-electron chi connectivity index (χ0n) is 12.9. The van der Waals surface area contributed by atoms with Gasteiger partial charge < -0.3 is 5.32 Å². The second-order valence-corrected chi connectivity index (χ2v) is 6.30. The third-order valence-electron chi connectivity index (χ3n) is 3.80. The second kappa shape index (κ2) is 8.35. The molecule has 0 aliphatic heterocycles. The number of rotatable bonds is 7. The van der Waals surface area contributed by atoms with Crippen LogP contribution in [0.5, 0.6) is 0 Å². The molecule has 112 valence electrons. The molecule has 0 heterocycles. The molecule has 0 spiro atoms. The summed E-state index contributed by atoms with van der Waals surface area (Å²) in [4.78, 5) is 0. The molecule has 2 heteroatoms. The highest BCUT2D eigenvalue weighted by molar-refractivity contribution is 9.10. The Morgan fingerprint density at radius 3 is 2.52 bits per heavy atom. The molecule has 0 saturated carbocycles. The maximum absolute atomic E-state index is 3.76. The summed E-state index contributed by atoms with van der Waals surface area (Å²) < 4.78 is 1.24. The standard InChI is InChI=1S/C19H24BrN/c1-3-14-21-18(13-12-16-9-5-4-6-10-16)17-11-7-8-15(2)19(17)20/h4-11,18,21H,3,12-14H2,1-2H3. The molecule has 0 aromatic heterocycles. The van der Waals surface area contributed by atoms with E-state index in [1.54, 1.807) is 0 Å². The molecule has 1 unspecified atom stereocenters. The summed E-state index contributed by atoms with van der Waals surface area (Å²) >= 11 is 3.76. The minimum atomic E-state index is 0.402. The van der Waals surface area contributed by atoms with Gasteiger partial charge in [-0.2, -0.15) is 0 Å². The van der Waals surface area contributed by atoms with Crippen LogP contribution in [0.2, 0.25) is 0 Å². The third kappa shape index (κ3) is 4.69. The Kier molecular flexibility index (Phi) is 6.47. The Morgan fingerprint density at radius 1 is 1.05 bits per heavy atom. The van der Waals surface area contributed by atoms with Crippen LogP contribution in [-0.2, 0) is 6.42 Å². The predicted octanol–water partition coefficient (Wildman–Crippen LogP) is 5.43. The summed E-state index contributed by atoms with van der Waals surface area (Å²) in [6.07, 6.45) is 3.37. The van der Waals surface area contributed by atoms with Crippen LogP contribution in [0.15, 0.2) is 53.0 Å². The van der Waals surface area contributed by atoms with Gasteiger partial charge in [-0.3, -0.25) is 0 Å². The van der Waals surface area contributed by atoms with E-state index in [0.717, 1.165) is 25.8 Å². The second-order valence-electron chi connectivity index (χ2n) is 5.51. The van der Waals surface area contributed by atoms with Gasteiger partial charge in [-0.1, -0.05) is 71.4 Å². The van der Waals surface area contributed by atoms with Gasteiger partial charge in [-0.15, -0.1) is 0 Å². The first-order valence-electron chi connectivity index (χ1n) is 7.74. The summed E-state index contributed by atoms with van der Waals surface area (Å²) in [6.45, 7) is 5.42. The number of aryl methyl sites for hydroxylation is 2. The monoisotopic (exact) mass is 345 g/mol. The Hall–Kier alpha value is -1.12. The lowest BCUT2D eigenvalue weighted by Gasteiger charge is -2.21. The molecule has 2 aromatic carbocycles. The number of nitrogens with one attached hydrogen (secondary N) is 1. The van der Waals surface area contributed by atoms with E-state index < -0.39 is 0 Å². The van der Waals surface area contributed by atoms with Crippen molar-refractivity contribution in [2.75, 3.05) is 6.54 Å². The normalized spacial score (nSPS) is 12.3. The smallest absolute Gasteiger partial charge is 0.0334 e. The molecular weight excluding hydrogens is 322 g/mol. The van der Waals surface area contributed by atoms with Crippen LogP contribution in [0.4, 0.5) is 0 Å². The van der Waals surface area contributed by atoms with Gasteiger partial charge in [0.15, 0.2) is 0 Å². The molecular formula is C19H24BrN. The fourth-order valence-corrected chi connectivity index (χ4v) is 3.12. The Labute approximate surface area is 136 Å². The molecule has 0 fully saturated rings. The van der Waals surface area contributed by atoms with Gasteiger partial charge >= 0.3 is 0 Å². The lowest BCUT2D eigenvalue weighted by molar-refractivity contribution is 0.497. The predicted molar refractivity (Wildman–Crippen MR) is 94.7 cm³/mol. The zero-order chi connectivity index (χ0) is 15.1. The summed E-state index contributed by atoms with van der Waals surface area (Å²) in [6, 6.07) is 17.7. The van der Waals surface area contributed by atoms with Gasteiger partial charge in [0.1, 0.15) is 0 Å². The summed E-state index contributed by atoms with van der Waals surface area (Å²) in [5.41, 5.74) is 4.08. The highest BCUT2D eigenvalue weighted by Gasteiger charge is 2.14. The van der Waals surface area contributed by atoms with Crippen LogP contribution in [0.3, 0.4) is 0 Å². The van der Waals surface area contributed by atoms with Crippen molar-refractivity contribution >= 4 is 15.9 Å². The van der Waals surface area contributed by atoms with Gasteiger partial charge in [0.05, 0.1) is 0 Å². The summed E-state index contributed by atoms with van der Waals surface area (Å²) in [7, 11) is 0. The van der Waals surface area contributed by atoms with E-state index in [1.165, 1.54) is 21.2 Å². The zero-order valence-corrected chi connectivity index (χ0v) is 14.5. The lowest BCUT2D eigenvalue weighted by atomic mass is 9.97. The van der Waals surface area contributed by atoms with Crippen LogP contribution in [0, 0.1) is 6.92 Å². The summed E-state index contributed by atoms with van der Waals surface area (Å²) in [5, 5.41) is 3.69. The Morgan fingerprint density at radius 2 is 1.81 bits per heavy atom. The largest absolute Gasteiger partial charge is 0.310 e. The van der Waals surface area contributed by atoms with Crippen molar-refractivity contribution in [3.63, 3.8) is 0 Å². The number of hydrogen-bond acceptors (Lipinski definition) is 1. The molecule has 0 bridgehead atoms. The minimum absolute atomic E-state index is 0.402. The van der Waals surface area contributed by atoms with Gasteiger partial charge in [-0.05, 0) is 49.4 Å². The molecule has 1 atom stereocenters. The van der Waals surface area contributed by atoms with E-state index in [-0.39, 0.29) is 0 Å². The fourth-order valence-electron chi connectivity index (χ4n) is 2.58. The average molecular weight is 346 g/mol.